The fraction of sp³-hybridized carbons (Fsp3) is 0.348. The third kappa shape index (κ3) is 6.32. The van der Waals surface area contributed by atoms with Crippen molar-refractivity contribution < 1.29 is 13.2 Å². The molecule has 166 valence electrons. The Morgan fingerprint density at radius 3 is 2.58 bits per heavy atom. The predicted octanol–water partition coefficient (Wildman–Crippen LogP) is 2.97. The molecule has 0 amide bonds. The molecule has 0 unspecified atom stereocenters. The van der Waals surface area contributed by atoms with E-state index in [4.69, 9.17) is 15.9 Å². The normalized spacial score (nSPS) is 15.1. The van der Waals surface area contributed by atoms with Crippen LogP contribution in [-0.4, -0.2) is 45.7 Å². The molecule has 0 bridgehead atoms. The Labute approximate surface area is 184 Å². The van der Waals surface area contributed by atoms with Crippen LogP contribution in [0.15, 0.2) is 54.6 Å². The van der Waals surface area contributed by atoms with Crippen molar-refractivity contribution in [3.05, 3.63) is 65.7 Å². The molecule has 3 rings (SSSR count). The summed E-state index contributed by atoms with van der Waals surface area (Å²) >= 11 is 0. The standard InChI is InChI=1S/C23H30N4O3S/c1-2-31(28,29)27(16-4-6-18-5-3-7-19(17-18)23(24)25)20-8-10-21(11-9-20)30-22-12-14-26-15-13-22/h3-11,17,22,26H,2,12-16H2,1H3,(H3,24,25)/b6-4+. The van der Waals surface area contributed by atoms with Crippen molar-refractivity contribution in [2.24, 2.45) is 5.73 Å². The van der Waals surface area contributed by atoms with Gasteiger partial charge in [-0.15, -0.1) is 0 Å². The molecule has 4 N–H and O–H groups in total. The number of piperidine rings is 1. The van der Waals surface area contributed by atoms with Gasteiger partial charge in [0.05, 0.1) is 18.0 Å². The average molecular weight is 443 g/mol. The molecule has 1 fully saturated rings. The second-order valence-electron chi connectivity index (χ2n) is 7.43. The molecule has 31 heavy (non-hydrogen) atoms. The number of nitrogens with two attached hydrogens (primary N) is 1. The SMILES string of the molecule is CCS(=O)(=O)N(C/C=C/c1cccc(C(=N)N)c1)c1ccc(OC2CCNCC2)cc1. The topological polar surface area (TPSA) is 109 Å². The summed E-state index contributed by atoms with van der Waals surface area (Å²) < 4.78 is 32.8. The molecular formula is C23H30N4O3S. The zero-order valence-corrected chi connectivity index (χ0v) is 18.6. The highest BCUT2D eigenvalue weighted by atomic mass is 32.2. The first-order valence-corrected chi connectivity index (χ1v) is 12.1. The third-order valence-corrected chi connectivity index (χ3v) is 6.95. The first-order chi connectivity index (χ1) is 14.9. The number of rotatable bonds is 9. The van der Waals surface area contributed by atoms with Crippen LogP contribution in [0, 0.1) is 5.41 Å². The van der Waals surface area contributed by atoms with E-state index < -0.39 is 10.0 Å². The summed E-state index contributed by atoms with van der Waals surface area (Å²) in [5.41, 5.74) is 7.62. The monoisotopic (exact) mass is 442 g/mol. The highest BCUT2D eigenvalue weighted by Crippen LogP contribution is 2.24. The van der Waals surface area contributed by atoms with Gasteiger partial charge in [-0.05, 0) is 68.8 Å². The van der Waals surface area contributed by atoms with Crippen molar-refractivity contribution >= 4 is 27.6 Å². The van der Waals surface area contributed by atoms with E-state index in [1.807, 2.05) is 30.3 Å². The molecule has 0 spiro atoms. The summed E-state index contributed by atoms with van der Waals surface area (Å²) in [6.45, 7) is 3.74. The number of benzene rings is 2. The van der Waals surface area contributed by atoms with Crippen LogP contribution in [0.5, 0.6) is 5.75 Å². The van der Waals surface area contributed by atoms with Crippen LogP contribution in [0.1, 0.15) is 30.9 Å². The van der Waals surface area contributed by atoms with Gasteiger partial charge in [0, 0.05) is 5.56 Å². The van der Waals surface area contributed by atoms with Crippen molar-refractivity contribution in [1.29, 1.82) is 5.41 Å². The zero-order valence-electron chi connectivity index (χ0n) is 17.8. The first kappa shape index (κ1) is 22.8. The van der Waals surface area contributed by atoms with Crippen molar-refractivity contribution in [2.75, 3.05) is 29.7 Å². The smallest absolute Gasteiger partial charge is 0.235 e. The number of hydrogen-bond donors (Lipinski definition) is 3. The Kier molecular flexibility index (Phi) is 7.70. The molecule has 1 heterocycles. The van der Waals surface area contributed by atoms with Crippen LogP contribution in [0.4, 0.5) is 5.69 Å². The number of nitrogen functional groups attached to an aromatic ring is 1. The van der Waals surface area contributed by atoms with Gasteiger partial charge in [0.15, 0.2) is 0 Å². The van der Waals surface area contributed by atoms with Crippen LogP contribution in [-0.2, 0) is 10.0 Å². The van der Waals surface area contributed by atoms with Gasteiger partial charge < -0.3 is 15.8 Å². The summed E-state index contributed by atoms with van der Waals surface area (Å²) in [5.74, 6) is 0.756. The maximum Gasteiger partial charge on any atom is 0.235 e. The molecule has 2 aromatic rings. The number of amidine groups is 1. The predicted molar refractivity (Wildman–Crippen MR) is 126 cm³/mol. The fourth-order valence-electron chi connectivity index (χ4n) is 3.43. The van der Waals surface area contributed by atoms with E-state index in [0.717, 1.165) is 37.2 Å². The quantitative estimate of drug-likeness (QED) is 0.409. The second-order valence-corrected chi connectivity index (χ2v) is 9.62. The van der Waals surface area contributed by atoms with Gasteiger partial charge in [0.2, 0.25) is 10.0 Å². The van der Waals surface area contributed by atoms with Crippen LogP contribution in [0.3, 0.4) is 0 Å². The van der Waals surface area contributed by atoms with E-state index in [9.17, 15) is 8.42 Å². The van der Waals surface area contributed by atoms with Crippen LogP contribution >= 0.6 is 0 Å². The highest BCUT2D eigenvalue weighted by Gasteiger charge is 2.20. The van der Waals surface area contributed by atoms with Gasteiger partial charge >= 0.3 is 0 Å². The molecule has 0 aromatic heterocycles. The van der Waals surface area contributed by atoms with E-state index in [-0.39, 0.29) is 24.2 Å². The Morgan fingerprint density at radius 2 is 1.94 bits per heavy atom. The Hall–Kier alpha value is -2.84. The van der Waals surface area contributed by atoms with Crippen molar-refractivity contribution in [3.8, 4) is 5.75 Å². The summed E-state index contributed by atoms with van der Waals surface area (Å²) in [6, 6.07) is 14.5. The lowest BCUT2D eigenvalue weighted by molar-refractivity contribution is 0.162. The minimum absolute atomic E-state index is 0.00256. The summed E-state index contributed by atoms with van der Waals surface area (Å²) in [4.78, 5) is 0. The van der Waals surface area contributed by atoms with Crippen molar-refractivity contribution in [1.82, 2.24) is 5.32 Å². The number of hydrogen-bond acceptors (Lipinski definition) is 5. The molecular weight excluding hydrogens is 412 g/mol. The van der Waals surface area contributed by atoms with Gasteiger partial charge in [0.25, 0.3) is 0 Å². The van der Waals surface area contributed by atoms with Crippen LogP contribution in [0.25, 0.3) is 6.08 Å². The molecule has 0 saturated carbocycles. The molecule has 1 saturated heterocycles. The van der Waals surface area contributed by atoms with Crippen molar-refractivity contribution in [3.63, 3.8) is 0 Å². The third-order valence-electron chi connectivity index (χ3n) is 5.19. The molecule has 1 aliphatic rings. The zero-order chi connectivity index (χ0) is 22.3. The van der Waals surface area contributed by atoms with Gasteiger partial charge in [-0.1, -0.05) is 30.4 Å². The van der Waals surface area contributed by atoms with Gasteiger partial charge in [-0.3, -0.25) is 9.71 Å². The molecule has 8 heteroatoms. The van der Waals surface area contributed by atoms with Crippen LogP contribution < -0.4 is 20.1 Å². The largest absolute Gasteiger partial charge is 0.490 e. The summed E-state index contributed by atoms with van der Waals surface area (Å²) in [6.07, 6.45) is 5.75. The minimum atomic E-state index is -3.45. The minimum Gasteiger partial charge on any atom is -0.490 e. The maximum absolute atomic E-state index is 12.7. The van der Waals surface area contributed by atoms with Crippen LogP contribution in [0.2, 0.25) is 0 Å². The second kappa shape index (κ2) is 10.5. The Bertz CT molecular complexity index is 1010. The summed E-state index contributed by atoms with van der Waals surface area (Å²) in [7, 11) is -3.45. The van der Waals surface area contributed by atoms with Gasteiger partial charge in [0.1, 0.15) is 17.7 Å². The maximum atomic E-state index is 12.7. The average Bonchev–Trinajstić information content (AvgIpc) is 2.78. The molecule has 0 radical (unpaired) electrons. The fourth-order valence-corrected chi connectivity index (χ4v) is 4.49. The Balaban J connectivity index is 1.73. The number of ether oxygens (including phenoxy) is 1. The highest BCUT2D eigenvalue weighted by molar-refractivity contribution is 7.92. The van der Waals surface area contributed by atoms with Gasteiger partial charge in [-0.25, -0.2) is 8.42 Å². The van der Waals surface area contributed by atoms with E-state index in [1.165, 1.54) is 4.31 Å². The van der Waals surface area contributed by atoms with E-state index in [1.54, 1.807) is 37.3 Å². The van der Waals surface area contributed by atoms with E-state index in [0.29, 0.717) is 11.3 Å². The molecule has 1 aliphatic heterocycles. The van der Waals surface area contributed by atoms with E-state index >= 15 is 0 Å². The molecule has 0 aliphatic carbocycles. The van der Waals surface area contributed by atoms with Crippen molar-refractivity contribution in [2.45, 2.75) is 25.9 Å². The number of sulfonamides is 1. The van der Waals surface area contributed by atoms with E-state index in [2.05, 4.69) is 5.32 Å². The summed E-state index contributed by atoms with van der Waals surface area (Å²) in [5, 5.41) is 10.9. The lowest BCUT2D eigenvalue weighted by Gasteiger charge is -2.25. The number of nitrogens with zero attached hydrogens (tertiary/aromatic N) is 1. The molecule has 7 nitrogen and oxygen atoms in total. The molecule has 2 aromatic carbocycles. The Morgan fingerprint density at radius 1 is 1.23 bits per heavy atom. The number of nitrogens with one attached hydrogen (secondary N) is 2. The lowest BCUT2D eigenvalue weighted by Crippen LogP contribution is -2.34. The lowest BCUT2D eigenvalue weighted by atomic mass is 10.1. The first-order valence-electron chi connectivity index (χ1n) is 10.5. The number of anilines is 1. The molecule has 0 atom stereocenters. The van der Waals surface area contributed by atoms with Gasteiger partial charge in [-0.2, -0.15) is 0 Å².